The van der Waals surface area contributed by atoms with Gasteiger partial charge in [-0.1, -0.05) is 19.3 Å². The minimum atomic E-state index is -3.09. The fourth-order valence-electron chi connectivity index (χ4n) is 4.29. The summed E-state index contributed by atoms with van der Waals surface area (Å²) in [7, 11) is -3.09. The molecule has 1 atom stereocenters. The van der Waals surface area contributed by atoms with Crippen LogP contribution in [0.4, 0.5) is 0 Å². The van der Waals surface area contributed by atoms with E-state index in [1.54, 1.807) is 11.0 Å². The largest absolute Gasteiger partial charge is 0.334 e. The lowest BCUT2D eigenvalue weighted by molar-refractivity contribution is -0.137. The highest BCUT2D eigenvalue weighted by Crippen LogP contribution is 2.28. The third-order valence-electron chi connectivity index (χ3n) is 5.61. The van der Waals surface area contributed by atoms with Crippen LogP contribution in [0.15, 0.2) is 22.6 Å². The van der Waals surface area contributed by atoms with E-state index in [9.17, 15) is 18.0 Å². The fraction of sp³-hybridized carbons (Fsp3) is 0.611. The first kappa shape index (κ1) is 18.6. The van der Waals surface area contributed by atoms with Crippen molar-refractivity contribution in [2.45, 2.75) is 57.2 Å². The van der Waals surface area contributed by atoms with Gasteiger partial charge in [-0.25, -0.2) is 13.4 Å². The van der Waals surface area contributed by atoms with Gasteiger partial charge in [0.05, 0.1) is 23.2 Å². The molecule has 9 heteroatoms. The number of sulfone groups is 1. The van der Waals surface area contributed by atoms with Crippen molar-refractivity contribution in [3.8, 4) is 0 Å². The van der Waals surface area contributed by atoms with Crippen LogP contribution in [0, 0.1) is 0 Å². The van der Waals surface area contributed by atoms with Crippen LogP contribution in [-0.4, -0.2) is 52.4 Å². The second-order valence-corrected chi connectivity index (χ2v) is 10.6. The number of carbonyl (C=O) groups excluding carboxylic acids is 1. The van der Waals surface area contributed by atoms with Gasteiger partial charge in [-0.2, -0.15) is 0 Å². The summed E-state index contributed by atoms with van der Waals surface area (Å²) in [5.74, 6) is -0.00912. The summed E-state index contributed by atoms with van der Waals surface area (Å²) in [4.78, 5) is 32.5. The molecule has 2 fully saturated rings. The molecular formula is C18H23N3O4S2. The molecule has 0 bridgehead atoms. The van der Waals surface area contributed by atoms with Gasteiger partial charge >= 0.3 is 0 Å². The molecule has 1 aliphatic heterocycles. The van der Waals surface area contributed by atoms with Crippen LogP contribution < -0.4 is 5.56 Å². The van der Waals surface area contributed by atoms with Crippen LogP contribution in [0.3, 0.4) is 0 Å². The number of fused-ring (bicyclic) bond motifs is 1. The average molecular weight is 410 g/mol. The summed E-state index contributed by atoms with van der Waals surface area (Å²) in [5, 5.41) is 2.33. The summed E-state index contributed by atoms with van der Waals surface area (Å²) in [6.45, 7) is -0.0926. The number of aromatic nitrogens is 2. The zero-order valence-electron chi connectivity index (χ0n) is 15.0. The zero-order valence-corrected chi connectivity index (χ0v) is 16.7. The zero-order chi connectivity index (χ0) is 19.0. The summed E-state index contributed by atoms with van der Waals surface area (Å²) in [6, 6.07) is 1.51. The molecule has 1 unspecified atom stereocenters. The van der Waals surface area contributed by atoms with Crippen LogP contribution in [-0.2, 0) is 21.2 Å². The fourth-order valence-corrected chi connectivity index (χ4v) is 6.73. The number of carbonyl (C=O) groups is 1. The summed E-state index contributed by atoms with van der Waals surface area (Å²) in [6.07, 6.45) is 6.97. The van der Waals surface area contributed by atoms with E-state index in [0.717, 1.165) is 32.1 Å². The number of hydrogen-bond acceptors (Lipinski definition) is 6. The monoisotopic (exact) mass is 409 g/mol. The Bertz CT molecular complexity index is 1010. The van der Waals surface area contributed by atoms with E-state index in [4.69, 9.17) is 0 Å². The standard InChI is InChI=1S/C18H23N3O4S2/c22-16(10-20-12-19-17-15(18(20)23)6-8-26-17)21(13-4-2-1-3-5-13)14-7-9-27(24,25)11-14/h6,8,12-14H,1-5,7,9-11H2. The van der Waals surface area contributed by atoms with Crippen LogP contribution in [0.1, 0.15) is 38.5 Å². The van der Waals surface area contributed by atoms with Gasteiger partial charge in [0.25, 0.3) is 5.56 Å². The Morgan fingerprint density at radius 2 is 2.00 bits per heavy atom. The molecule has 27 heavy (non-hydrogen) atoms. The van der Waals surface area contributed by atoms with Gasteiger partial charge in [0, 0.05) is 12.1 Å². The van der Waals surface area contributed by atoms with Crippen LogP contribution in [0.5, 0.6) is 0 Å². The second-order valence-electron chi connectivity index (χ2n) is 7.47. The maximum atomic E-state index is 13.2. The molecule has 4 rings (SSSR count). The highest BCUT2D eigenvalue weighted by Gasteiger charge is 2.38. The predicted molar refractivity (Wildman–Crippen MR) is 105 cm³/mol. The quantitative estimate of drug-likeness (QED) is 0.768. The first-order valence-corrected chi connectivity index (χ1v) is 12.1. The average Bonchev–Trinajstić information content (AvgIpc) is 3.25. The SMILES string of the molecule is O=C(Cn1cnc2sccc2c1=O)N(C1CCCCC1)C1CCS(=O)(=O)C1. The summed E-state index contributed by atoms with van der Waals surface area (Å²) >= 11 is 1.39. The summed E-state index contributed by atoms with van der Waals surface area (Å²) in [5.41, 5.74) is -0.225. The highest BCUT2D eigenvalue weighted by atomic mass is 32.2. The van der Waals surface area contributed by atoms with Crippen LogP contribution in [0.2, 0.25) is 0 Å². The van der Waals surface area contributed by atoms with Crippen molar-refractivity contribution in [2.75, 3.05) is 11.5 Å². The van der Waals surface area contributed by atoms with Gasteiger partial charge in [0.15, 0.2) is 9.84 Å². The molecule has 1 saturated carbocycles. The minimum absolute atomic E-state index is 0.0337. The minimum Gasteiger partial charge on any atom is -0.334 e. The first-order chi connectivity index (χ1) is 12.9. The number of rotatable bonds is 4. The number of thiophene rings is 1. The van der Waals surface area contributed by atoms with Crippen LogP contribution in [0.25, 0.3) is 10.2 Å². The van der Waals surface area contributed by atoms with Gasteiger partial charge < -0.3 is 4.90 Å². The van der Waals surface area contributed by atoms with Gasteiger partial charge in [-0.15, -0.1) is 11.3 Å². The lowest BCUT2D eigenvalue weighted by Crippen LogP contribution is -2.50. The van der Waals surface area contributed by atoms with Crippen LogP contribution >= 0.6 is 11.3 Å². The van der Waals surface area contributed by atoms with E-state index in [2.05, 4.69) is 4.98 Å². The molecule has 0 spiro atoms. The maximum absolute atomic E-state index is 13.2. The number of nitrogens with zero attached hydrogens (tertiary/aromatic N) is 3. The molecule has 0 N–H and O–H groups in total. The Morgan fingerprint density at radius 3 is 2.70 bits per heavy atom. The molecule has 1 aliphatic carbocycles. The van der Waals surface area contributed by atoms with Crippen molar-refractivity contribution in [3.05, 3.63) is 28.1 Å². The van der Waals surface area contributed by atoms with Crippen molar-refractivity contribution < 1.29 is 13.2 Å². The lowest BCUT2D eigenvalue weighted by atomic mass is 9.93. The van der Waals surface area contributed by atoms with E-state index < -0.39 is 9.84 Å². The molecular weight excluding hydrogens is 386 g/mol. The topological polar surface area (TPSA) is 89.3 Å². The van der Waals surface area contributed by atoms with Crippen molar-refractivity contribution in [1.29, 1.82) is 0 Å². The second kappa shape index (κ2) is 7.35. The van der Waals surface area contributed by atoms with E-state index in [1.165, 1.54) is 22.2 Å². The first-order valence-electron chi connectivity index (χ1n) is 9.39. The smallest absolute Gasteiger partial charge is 0.262 e. The third-order valence-corrected chi connectivity index (χ3v) is 8.18. The molecule has 0 radical (unpaired) electrons. The number of hydrogen-bond donors (Lipinski definition) is 0. The van der Waals surface area contributed by atoms with E-state index in [-0.39, 0.29) is 41.6 Å². The molecule has 2 aromatic heterocycles. The van der Waals surface area contributed by atoms with E-state index in [0.29, 0.717) is 16.6 Å². The Labute approximate surface area is 161 Å². The molecule has 1 amide bonds. The Kier molecular flexibility index (Phi) is 5.07. The van der Waals surface area contributed by atoms with Gasteiger partial charge in [-0.05, 0) is 30.7 Å². The van der Waals surface area contributed by atoms with E-state index >= 15 is 0 Å². The molecule has 1 saturated heterocycles. The van der Waals surface area contributed by atoms with Gasteiger partial charge in [0.1, 0.15) is 11.4 Å². The summed E-state index contributed by atoms with van der Waals surface area (Å²) < 4.78 is 25.3. The normalized spacial score (nSPS) is 22.9. The van der Waals surface area contributed by atoms with Crippen molar-refractivity contribution >= 4 is 37.3 Å². The predicted octanol–water partition coefficient (Wildman–Crippen LogP) is 1.81. The third kappa shape index (κ3) is 3.80. The molecule has 7 nitrogen and oxygen atoms in total. The molecule has 2 aliphatic rings. The molecule has 3 heterocycles. The lowest BCUT2D eigenvalue weighted by Gasteiger charge is -2.38. The van der Waals surface area contributed by atoms with Crippen molar-refractivity contribution in [3.63, 3.8) is 0 Å². The van der Waals surface area contributed by atoms with Crippen molar-refractivity contribution in [1.82, 2.24) is 14.5 Å². The van der Waals surface area contributed by atoms with E-state index in [1.807, 2.05) is 5.38 Å². The molecule has 146 valence electrons. The Morgan fingerprint density at radius 1 is 1.22 bits per heavy atom. The maximum Gasteiger partial charge on any atom is 0.262 e. The van der Waals surface area contributed by atoms with Gasteiger partial charge in [-0.3, -0.25) is 14.2 Å². The molecule has 2 aromatic rings. The Hall–Kier alpha value is -1.74. The molecule has 0 aromatic carbocycles. The van der Waals surface area contributed by atoms with Crippen molar-refractivity contribution in [2.24, 2.45) is 0 Å². The number of amides is 1. The Balaban J connectivity index is 1.61. The highest BCUT2D eigenvalue weighted by molar-refractivity contribution is 7.91. The van der Waals surface area contributed by atoms with Gasteiger partial charge in [0.2, 0.25) is 5.91 Å².